The van der Waals surface area contributed by atoms with E-state index in [9.17, 15) is 4.79 Å². The molecule has 1 amide bonds. The molecule has 3 rings (SSSR count). The van der Waals surface area contributed by atoms with Crippen LogP contribution in [0, 0.1) is 6.92 Å². The molecule has 2 N–H and O–H groups in total. The van der Waals surface area contributed by atoms with Gasteiger partial charge in [-0.2, -0.15) is 0 Å². The fourth-order valence-corrected chi connectivity index (χ4v) is 4.23. The number of carbonyl (C=O) groups excluding carboxylic acids is 1. The summed E-state index contributed by atoms with van der Waals surface area (Å²) in [5, 5.41) is 1.09. The SMILES string of the molecule is CCCCCc1c(-c2ccc3ccccc3n2)c(C(N)=O)c(C)n1CCCN(C)C. The number of hydrogen-bond donors (Lipinski definition) is 1. The molecule has 3 aromatic rings. The predicted molar refractivity (Wildman–Crippen MR) is 125 cm³/mol. The van der Waals surface area contributed by atoms with Gasteiger partial charge in [0.2, 0.25) is 0 Å². The normalized spacial score (nSPS) is 11.5. The van der Waals surface area contributed by atoms with Gasteiger partial charge in [0.15, 0.2) is 0 Å². The van der Waals surface area contributed by atoms with Crippen molar-refractivity contribution >= 4 is 16.8 Å². The van der Waals surface area contributed by atoms with E-state index in [2.05, 4.69) is 42.6 Å². The Kier molecular flexibility index (Phi) is 7.27. The number of amides is 1. The maximum absolute atomic E-state index is 12.5. The number of carbonyl (C=O) groups is 1. The molecule has 0 fully saturated rings. The molecule has 0 spiro atoms. The van der Waals surface area contributed by atoms with Gasteiger partial charge in [0.1, 0.15) is 0 Å². The Labute approximate surface area is 179 Å². The van der Waals surface area contributed by atoms with Crippen LogP contribution in [-0.4, -0.2) is 41.0 Å². The van der Waals surface area contributed by atoms with Gasteiger partial charge in [-0.05, 0) is 59.0 Å². The van der Waals surface area contributed by atoms with E-state index in [1.807, 2.05) is 31.2 Å². The van der Waals surface area contributed by atoms with Crippen molar-refractivity contribution in [1.29, 1.82) is 0 Å². The molecule has 0 saturated carbocycles. The Morgan fingerprint density at radius 1 is 1.10 bits per heavy atom. The van der Waals surface area contributed by atoms with Gasteiger partial charge in [0, 0.05) is 28.9 Å². The molecule has 0 unspecified atom stereocenters. The van der Waals surface area contributed by atoms with E-state index < -0.39 is 0 Å². The highest BCUT2D eigenvalue weighted by molar-refractivity contribution is 6.02. The summed E-state index contributed by atoms with van der Waals surface area (Å²) in [5.74, 6) is -0.374. The zero-order valence-electron chi connectivity index (χ0n) is 18.7. The Morgan fingerprint density at radius 3 is 2.57 bits per heavy atom. The summed E-state index contributed by atoms with van der Waals surface area (Å²) in [6.45, 7) is 6.10. The average molecular weight is 407 g/mol. The molecule has 0 aliphatic rings. The fraction of sp³-hybridized carbons (Fsp3) is 0.440. The lowest BCUT2D eigenvalue weighted by molar-refractivity contribution is 0.1000. The number of nitrogens with zero attached hydrogens (tertiary/aromatic N) is 3. The minimum absolute atomic E-state index is 0.374. The highest BCUT2D eigenvalue weighted by atomic mass is 16.1. The lowest BCUT2D eigenvalue weighted by atomic mass is 10.0. The lowest BCUT2D eigenvalue weighted by Gasteiger charge is -2.15. The van der Waals surface area contributed by atoms with Crippen molar-refractivity contribution in [2.24, 2.45) is 5.73 Å². The topological polar surface area (TPSA) is 64.1 Å². The average Bonchev–Trinajstić information content (AvgIpc) is 2.99. The smallest absolute Gasteiger partial charge is 0.251 e. The van der Waals surface area contributed by atoms with Crippen LogP contribution in [0.4, 0.5) is 0 Å². The molecule has 5 heteroatoms. The summed E-state index contributed by atoms with van der Waals surface area (Å²) in [6, 6.07) is 12.2. The van der Waals surface area contributed by atoms with Gasteiger partial charge >= 0.3 is 0 Å². The summed E-state index contributed by atoms with van der Waals surface area (Å²) < 4.78 is 2.31. The van der Waals surface area contributed by atoms with Crippen LogP contribution in [0.5, 0.6) is 0 Å². The van der Waals surface area contributed by atoms with Crippen molar-refractivity contribution in [3.05, 3.63) is 53.3 Å². The van der Waals surface area contributed by atoms with Crippen molar-refractivity contribution in [3.8, 4) is 11.3 Å². The van der Waals surface area contributed by atoms with Crippen LogP contribution in [0.2, 0.25) is 0 Å². The number of para-hydroxylation sites is 1. The van der Waals surface area contributed by atoms with Crippen LogP contribution < -0.4 is 5.73 Å². The third kappa shape index (κ3) is 4.73. The first-order valence-corrected chi connectivity index (χ1v) is 11.0. The Balaban J connectivity index is 2.15. The van der Waals surface area contributed by atoms with Gasteiger partial charge in [-0.25, -0.2) is 4.98 Å². The minimum atomic E-state index is -0.374. The first-order chi connectivity index (χ1) is 14.4. The van der Waals surface area contributed by atoms with Crippen molar-refractivity contribution in [2.75, 3.05) is 20.6 Å². The van der Waals surface area contributed by atoms with Crippen molar-refractivity contribution in [1.82, 2.24) is 14.5 Å². The first kappa shape index (κ1) is 22.0. The second-order valence-electron chi connectivity index (χ2n) is 8.30. The largest absolute Gasteiger partial charge is 0.366 e. The Morgan fingerprint density at radius 2 is 1.87 bits per heavy atom. The molecule has 0 saturated heterocycles. The quantitative estimate of drug-likeness (QED) is 0.492. The van der Waals surface area contributed by atoms with Gasteiger partial charge in [0.25, 0.3) is 5.91 Å². The molecular weight excluding hydrogens is 372 g/mol. The van der Waals surface area contributed by atoms with Crippen molar-refractivity contribution < 1.29 is 4.79 Å². The van der Waals surface area contributed by atoms with E-state index in [1.165, 1.54) is 12.1 Å². The number of fused-ring (bicyclic) bond motifs is 1. The second kappa shape index (κ2) is 9.90. The molecule has 2 aromatic heterocycles. The molecule has 30 heavy (non-hydrogen) atoms. The van der Waals surface area contributed by atoms with Crippen LogP contribution >= 0.6 is 0 Å². The zero-order chi connectivity index (χ0) is 21.7. The first-order valence-electron chi connectivity index (χ1n) is 11.0. The van der Waals surface area contributed by atoms with Gasteiger partial charge in [-0.1, -0.05) is 44.0 Å². The van der Waals surface area contributed by atoms with Crippen LogP contribution in [-0.2, 0) is 13.0 Å². The van der Waals surface area contributed by atoms with Gasteiger partial charge < -0.3 is 15.2 Å². The van der Waals surface area contributed by atoms with E-state index >= 15 is 0 Å². The molecule has 160 valence electrons. The van der Waals surface area contributed by atoms with Crippen molar-refractivity contribution in [3.63, 3.8) is 0 Å². The molecule has 0 aliphatic heterocycles. The Hall–Kier alpha value is -2.66. The van der Waals surface area contributed by atoms with E-state index in [0.717, 1.165) is 66.6 Å². The monoisotopic (exact) mass is 406 g/mol. The summed E-state index contributed by atoms with van der Waals surface area (Å²) >= 11 is 0. The molecule has 0 aliphatic carbocycles. The van der Waals surface area contributed by atoms with Gasteiger partial charge in [0.05, 0.1) is 16.8 Å². The molecule has 5 nitrogen and oxygen atoms in total. The van der Waals surface area contributed by atoms with Crippen LogP contribution in [0.1, 0.15) is 54.4 Å². The van der Waals surface area contributed by atoms with Gasteiger partial charge in [-0.15, -0.1) is 0 Å². The maximum atomic E-state index is 12.5. The van der Waals surface area contributed by atoms with E-state index in [-0.39, 0.29) is 5.91 Å². The standard InChI is InChI=1S/C25H34N4O/c1-5-6-7-13-22-24(21-15-14-19-11-8-9-12-20(19)27-21)23(25(26)30)18(2)29(22)17-10-16-28(3)4/h8-9,11-12,14-15H,5-7,10,13,16-17H2,1-4H3,(H2,26,30). The summed E-state index contributed by atoms with van der Waals surface area (Å²) in [7, 11) is 4.17. The van der Waals surface area contributed by atoms with E-state index in [1.54, 1.807) is 0 Å². The third-order valence-corrected chi connectivity index (χ3v) is 5.74. The van der Waals surface area contributed by atoms with Crippen LogP contribution in [0.25, 0.3) is 22.2 Å². The summed E-state index contributed by atoms with van der Waals surface area (Å²) in [6.07, 6.45) is 5.36. The van der Waals surface area contributed by atoms with E-state index in [4.69, 9.17) is 10.7 Å². The molecule has 0 atom stereocenters. The minimum Gasteiger partial charge on any atom is -0.366 e. The summed E-state index contributed by atoms with van der Waals surface area (Å²) in [4.78, 5) is 19.6. The third-order valence-electron chi connectivity index (χ3n) is 5.74. The fourth-order valence-electron chi connectivity index (χ4n) is 4.23. The van der Waals surface area contributed by atoms with Crippen LogP contribution in [0.3, 0.4) is 0 Å². The molecule has 0 radical (unpaired) electrons. The lowest BCUT2D eigenvalue weighted by Crippen LogP contribution is -2.17. The van der Waals surface area contributed by atoms with Crippen molar-refractivity contribution in [2.45, 2.75) is 52.5 Å². The maximum Gasteiger partial charge on any atom is 0.251 e. The molecule has 0 bridgehead atoms. The molecule has 1 aromatic carbocycles. The number of nitrogens with two attached hydrogens (primary N) is 1. The number of pyridine rings is 1. The number of primary amides is 1. The number of aromatic nitrogens is 2. The number of hydrogen-bond acceptors (Lipinski definition) is 3. The molecular formula is C25H34N4O. The Bertz CT molecular complexity index is 1020. The second-order valence-corrected chi connectivity index (χ2v) is 8.30. The number of unbranched alkanes of at least 4 members (excludes halogenated alkanes) is 2. The van der Waals surface area contributed by atoms with Crippen LogP contribution in [0.15, 0.2) is 36.4 Å². The number of benzene rings is 1. The van der Waals surface area contributed by atoms with Gasteiger partial charge in [-0.3, -0.25) is 4.79 Å². The highest BCUT2D eigenvalue weighted by Crippen LogP contribution is 2.34. The number of rotatable bonds is 10. The predicted octanol–water partition coefficient (Wildman–Crippen LogP) is 4.80. The van der Waals surface area contributed by atoms with E-state index in [0.29, 0.717) is 5.56 Å². The highest BCUT2D eigenvalue weighted by Gasteiger charge is 2.25. The molecule has 2 heterocycles. The summed E-state index contributed by atoms with van der Waals surface area (Å²) in [5.41, 5.74) is 11.4. The zero-order valence-corrected chi connectivity index (χ0v) is 18.7.